The highest BCUT2D eigenvalue weighted by Gasteiger charge is 2.25. The van der Waals surface area contributed by atoms with Crippen LogP contribution in [-0.2, 0) is 4.74 Å². The van der Waals surface area contributed by atoms with Crippen molar-refractivity contribution in [2.75, 3.05) is 19.0 Å². The molecule has 0 aliphatic heterocycles. The molecule has 11 heteroatoms. The molecule has 0 aliphatic rings. The summed E-state index contributed by atoms with van der Waals surface area (Å²) < 4.78 is 6.40. The van der Waals surface area contributed by atoms with E-state index in [-0.39, 0.29) is 40.1 Å². The smallest absolute Gasteiger partial charge is 0.358 e. The summed E-state index contributed by atoms with van der Waals surface area (Å²) >= 11 is 12.4. The summed E-state index contributed by atoms with van der Waals surface area (Å²) in [6.07, 6.45) is 3.04. The average molecular weight is 504 g/mol. The number of hydrogen-bond acceptors (Lipinski definition) is 6. The minimum atomic E-state index is -0.679. The molecule has 2 N–H and O–H groups in total. The second-order valence-corrected chi connectivity index (χ2v) is 8.15. The van der Waals surface area contributed by atoms with Crippen LogP contribution in [0, 0.1) is 6.92 Å². The van der Waals surface area contributed by atoms with Gasteiger partial charge in [-0.3, -0.25) is 9.59 Å². The molecule has 2 amide bonds. The zero-order valence-electron chi connectivity index (χ0n) is 18.8. The van der Waals surface area contributed by atoms with Crippen LogP contribution in [0.5, 0.6) is 0 Å². The molecular formula is C23H23Cl2N5O4. The Kier molecular flexibility index (Phi) is 8.25. The lowest BCUT2D eigenvalue weighted by molar-refractivity contribution is 0.0492. The number of carbonyl (C=O) groups excluding carboxylic acids is 3. The number of unbranched alkanes of at least 4 members (excludes halogenated alkanes) is 1. The molecule has 3 rings (SSSR count). The first-order chi connectivity index (χ1) is 16.3. The standard InChI is InChI=1S/C23H23Cl2N5O4/c1-4-5-9-34-23(33)17-12-18(30(29-17)20-16(25)7-6-8-27-20)22(32)28-19-13(2)10-14(24)11-15(19)21(31)26-3/h6-8,10-12H,4-5,9H2,1-3H3,(H,26,31)(H,28,32). The fourth-order valence-corrected chi connectivity index (χ4v) is 3.60. The number of halogens is 2. The quantitative estimate of drug-likeness (QED) is 0.346. The predicted molar refractivity (Wildman–Crippen MR) is 129 cm³/mol. The van der Waals surface area contributed by atoms with E-state index in [4.69, 9.17) is 27.9 Å². The van der Waals surface area contributed by atoms with Crippen molar-refractivity contribution in [3.63, 3.8) is 0 Å². The van der Waals surface area contributed by atoms with Gasteiger partial charge in [0.1, 0.15) is 5.69 Å². The number of aryl methyl sites for hydroxylation is 1. The van der Waals surface area contributed by atoms with Crippen LogP contribution in [0.25, 0.3) is 5.82 Å². The van der Waals surface area contributed by atoms with Gasteiger partial charge in [-0.1, -0.05) is 36.5 Å². The van der Waals surface area contributed by atoms with Crippen LogP contribution in [-0.4, -0.2) is 46.2 Å². The highest BCUT2D eigenvalue weighted by atomic mass is 35.5. The molecule has 178 valence electrons. The van der Waals surface area contributed by atoms with Crippen molar-refractivity contribution >= 4 is 46.7 Å². The molecule has 34 heavy (non-hydrogen) atoms. The number of anilines is 1. The second kappa shape index (κ2) is 11.1. The molecule has 0 fully saturated rings. The Morgan fingerprint density at radius 3 is 2.59 bits per heavy atom. The van der Waals surface area contributed by atoms with Crippen LogP contribution in [0.15, 0.2) is 36.5 Å². The Balaban J connectivity index is 2.05. The van der Waals surface area contributed by atoms with Gasteiger partial charge in [-0.15, -0.1) is 0 Å². The fourth-order valence-electron chi connectivity index (χ4n) is 3.12. The number of esters is 1. The van der Waals surface area contributed by atoms with Crippen LogP contribution in [0.3, 0.4) is 0 Å². The number of nitrogens with one attached hydrogen (secondary N) is 2. The lowest BCUT2D eigenvalue weighted by atomic mass is 10.1. The molecule has 0 unspecified atom stereocenters. The number of benzene rings is 1. The summed E-state index contributed by atoms with van der Waals surface area (Å²) in [6, 6.07) is 7.57. The van der Waals surface area contributed by atoms with Crippen molar-refractivity contribution < 1.29 is 19.1 Å². The van der Waals surface area contributed by atoms with Gasteiger partial charge >= 0.3 is 5.97 Å². The summed E-state index contributed by atoms with van der Waals surface area (Å²) in [4.78, 5) is 42.4. The molecule has 0 spiro atoms. The summed E-state index contributed by atoms with van der Waals surface area (Å²) in [6.45, 7) is 3.91. The minimum Gasteiger partial charge on any atom is -0.461 e. The van der Waals surface area contributed by atoms with E-state index in [2.05, 4.69) is 20.7 Å². The van der Waals surface area contributed by atoms with E-state index in [1.54, 1.807) is 25.1 Å². The third-order valence-electron chi connectivity index (χ3n) is 4.83. The maximum atomic E-state index is 13.4. The van der Waals surface area contributed by atoms with E-state index in [9.17, 15) is 14.4 Å². The number of aromatic nitrogens is 3. The van der Waals surface area contributed by atoms with E-state index < -0.39 is 17.8 Å². The summed E-state index contributed by atoms with van der Waals surface area (Å²) in [5, 5.41) is 10.0. The zero-order chi connectivity index (χ0) is 24.8. The van der Waals surface area contributed by atoms with Gasteiger partial charge in [-0.2, -0.15) is 5.10 Å². The third kappa shape index (κ3) is 5.55. The van der Waals surface area contributed by atoms with Gasteiger partial charge in [0, 0.05) is 24.3 Å². The molecule has 2 heterocycles. The van der Waals surface area contributed by atoms with Crippen LogP contribution in [0.4, 0.5) is 5.69 Å². The van der Waals surface area contributed by atoms with Crippen molar-refractivity contribution in [3.8, 4) is 5.82 Å². The van der Waals surface area contributed by atoms with E-state index >= 15 is 0 Å². The average Bonchev–Trinajstić information content (AvgIpc) is 3.26. The van der Waals surface area contributed by atoms with Gasteiger partial charge in [0.05, 0.1) is 22.9 Å². The normalized spacial score (nSPS) is 10.6. The van der Waals surface area contributed by atoms with Crippen LogP contribution in [0.1, 0.15) is 56.7 Å². The SMILES string of the molecule is CCCCOC(=O)c1cc(C(=O)Nc2c(C)cc(Cl)cc2C(=O)NC)n(-c2ncccc2Cl)n1. The lowest BCUT2D eigenvalue weighted by Gasteiger charge is -2.14. The first-order valence-electron chi connectivity index (χ1n) is 10.5. The van der Waals surface area contributed by atoms with Crippen molar-refractivity contribution in [2.24, 2.45) is 0 Å². The van der Waals surface area contributed by atoms with E-state index in [1.165, 1.54) is 30.1 Å². The summed E-state index contributed by atoms with van der Waals surface area (Å²) in [5.74, 6) is -1.59. The molecule has 0 atom stereocenters. The second-order valence-electron chi connectivity index (χ2n) is 7.30. The van der Waals surface area contributed by atoms with Crippen molar-refractivity contribution in [1.82, 2.24) is 20.1 Å². The van der Waals surface area contributed by atoms with Gasteiger partial charge in [-0.05, 0) is 43.2 Å². The molecule has 1 aromatic carbocycles. The Morgan fingerprint density at radius 2 is 1.91 bits per heavy atom. The largest absolute Gasteiger partial charge is 0.461 e. The highest BCUT2D eigenvalue weighted by molar-refractivity contribution is 6.32. The monoisotopic (exact) mass is 503 g/mol. The number of pyridine rings is 1. The number of nitrogens with zero attached hydrogens (tertiary/aromatic N) is 3. The highest BCUT2D eigenvalue weighted by Crippen LogP contribution is 2.27. The first kappa shape index (κ1) is 25.2. The Bertz CT molecular complexity index is 1240. The van der Waals surface area contributed by atoms with Crippen molar-refractivity contribution in [1.29, 1.82) is 0 Å². The molecule has 0 saturated carbocycles. The molecule has 9 nitrogen and oxygen atoms in total. The minimum absolute atomic E-state index is 0.0275. The Labute approximate surface area is 206 Å². The topological polar surface area (TPSA) is 115 Å². The van der Waals surface area contributed by atoms with E-state index in [0.29, 0.717) is 17.0 Å². The predicted octanol–water partition coefficient (Wildman–Crippen LogP) is 4.45. The molecule has 3 aromatic rings. The number of ether oxygens (including phenoxy) is 1. The van der Waals surface area contributed by atoms with Crippen LogP contribution in [0.2, 0.25) is 10.0 Å². The number of amides is 2. The van der Waals surface area contributed by atoms with Crippen molar-refractivity contribution in [2.45, 2.75) is 26.7 Å². The summed E-state index contributed by atoms with van der Waals surface area (Å²) in [7, 11) is 1.47. The Hall–Kier alpha value is -3.43. The number of hydrogen-bond donors (Lipinski definition) is 2. The van der Waals surface area contributed by atoms with Crippen LogP contribution >= 0.6 is 23.2 Å². The molecule has 0 aliphatic carbocycles. The third-order valence-corrected chi connectivity index (χ3v) is 5.35. The molecular weight excluding hydrogens is 481 g/mol. The number of rotatable bonds is 8. The van der Waals surface area contributed by atoms with Gasteiger partial charge in [0.25, 0.3) is 11.8 Å². The van der Waals surface area contributed by atoms with Gasteiger partial charge in [0.15, 0.2) is 11.5 Å². The van der Waals surface area contributed by atoms with Gasteiger partial charge in [0.2, 0.25) is 0 Å². The molecule has 2 aromatic heterocycles. The van der Waals surface area contributed by atoms with E-state index in [1.807, 2.05) is 6.92 Å². The van der Waals surface area contributed by atoms with Gasteiger partial charge in [-0.25, -0.2) is 14.5 Å². The molecule has 0 bridgehead atoms. The fraction of sp³-hybridized carbons (Fsp3) is 0.261. The zero-order valence-corrected chi connectivity index (χ0v) is 20.3. The van der Waals surface area contributed by atoms with Crippen molar-refractivity contribution in [3.05, 3.63) is 69.1 Å². The molecule has 0 saturated heterocycles. The van der Waals surface area contributed by atoms with Gasteiger partial charge < -0.3 is 15.4 Å². The first-order valence-corrected chi connectivity index (χ1v) is 11.2. The maximum absolute atomic E-state index is 13.4. The molecule has 0 radical (unpaired) electrons. The van der Waals surface area contributed by atoms with Crippen LogP contribution < -0.4 is 10.6 Å². The van der Waals surface area contributed by atoms with E-state index in [0.717, 1.165) is 6.42 Å². The summed E-state index contributed by atoms with van der Waals surface area (Å²) in [5.41, 5.74) is 0.908. The lowest BCUT2D eigenvalue weighted by Crippen LogP contribution is -2.23. The number of carbonyl (C=O) groups is 3. The maximum Gasteiger partial charge on any atom is 0.358 e. The Morgan fingerprint density at radius 1 is 1.15 bits per heavy atom.